The number of fused-ring (bicyclic) bond motifs is 1. The van der Waals surface area contributed by atoms with E-state index in [0.717, 1.165) is 21.9 Å². The highest BCUT2D eigenvalue weighted by Crippen LogP contribution is 2.27. The number of carbonyl (C=O) groups is 1. The molecule has 0 saturated heterocycles. The Morgan fingerprint density at radius 2 is 1.52 bits per heavy atom. The summed E-state index contributed by atoms with van der Waals surface area (Å²) >= 11 is 0. The van der Waals surface area contributed by atoms with Gasteiger partial charge in [-0.25, -0.2) is 4.79 Å². The normalized spacial score (nSPS) is 10.6. The van der Waals surface area contributed by atoms with E-state index in [-0.39, 0.29) is 17.9 Å². The lowest BCUT2D eigenvalue weighted by Gasteiger charge is -2.13. The lowest BCUT2D eigenvalue weighted by molar-refractivity contribution is 0.0691. The first kappa shape index (κ1) is 18.6. The van der Waals surface area contributed by atoms with Crippen molar-refractivity contribution in [1.29, 1.82) is 0 Å². The number of carboxylic acid groups (broad SMARTS) is 1. The fraction of sp³-hybridized carbons (Fsp3) is 0.0800. The summed E-state index contributed by atoms with van der Waals surface area (Å²) in [5, 5.41) is 11.8. The average molecular weight is 384 g/mol. The van der Waals surface area contributed by atoms with Gasteiger partial charge in [0.05, 0.1) is 0 Å². The first-order valence-corrected chi connectivity index (χ1v) is 9.34. The van der Waals surface area contributed by atoms with Crippen LogP contribution in [0.4, 0.5) is 0 Å². The molecular formula is C25H20O4. The van der Waals surface area contributed by atoms with E-state index in [1.165, 1.54) is 6.07 Å². The van der Waals surface area contributed by atoms with Crippen molar-refractivity contribution in [3.63, 3.8) is 0 Å². The molecule has 4 nitrogen and oxygen atoms in total. The number of hydrogen-bond donors (Lipinski definition) is 1. The molecule has 4 rings (SSSR count). The number of rotatable bonds is 7. The van der Waals surface area contributed by atoms with Gasteiger partial charge in [-0.3, -0.25) is 0 Å². The van der Waals surface area contributed by atoms with Crippen molar-refractivity contribution in [3.05, 3.63) is 108 Å². The Bertz CT molecular complexity index is 1130. The quantitative estimate of drug-likeness (QED) is 0.444. The number of benzene rings is 4. The lowest BCUT2D eigenvalue weighted by atomic mass is 10.1. The molecule has 0 atom stereocenters. The topological polar surface area (TPSA) is 55.8 Å². The van der Waals surface area contributed by atoms with Crippen molar-refractivity contribution >= 4 is 16.7 Å². The molecule has 0 aliphatic rings. The maximum Gasteiger partial charge on any atom is 0.339 e. The maximum absolute atomic E-state index is 11.5. The number of aromatic carboxylic acids is 1. The first-order valence-electron chi connectivity index (χ1n) is 9.34. The summed E-state index contributed by atoms with van der Waals surface area (Å²) in [5.74, 6) is -0.184. The molecule has 0 heterocycles. The van der Waals surface area contributed by atoms with Crippen molar-refractivity contribution in [1.82, 2.24) is 0 Å². The fourth-order valence-electron chi connectivity index (χ4n) is 3.20. The van der Waals surface area contributed by atoms with Gasteiger partial charge in [0.15, 0.2) is 0 Å². The predicted octanol–water partition coefficient (Wildman–Crippen LogP) is 5.70. The van der Waals surface area contributed by atoms with Gasteiger partial charge in [0.1, 0.15) is 30.3 Å². The molecule has 0 fully saturated rings. The van der Waals surface area contributed by atoms with Gasteiger partial charge >= 0.3 is 5.97 Å². The Hall–Kier alpha value is -3.79. The van der Waals surface area contributed by atoms with Crippen LogP contribution in [-0.4, -0.2) is 11.1 Å². The van der Waals surface area contributed by atoms with E-state index in [2.05, 4.69) is 18.2 Å². The van der Waals surface area contributed by atoms with Crippen molar-refractivity contribution in [2.75, 3.05) is 0 Å². The summed E-state index contributed by atoms with van der Waals surface area (Å²) in [4.78, 5) is 11.5. The lowest BCUT2D eigenvalue weighted by Crippen LogP contribution is -2.04. The average Bonchev–Trinajstić information content (AvgIpc) is 2.77. The first-order chi connectivity index (χ1) is 14.2. The van der Waals surface area contributed by atoms with E-state index in [4.69, 9.17) is 9.47 Å². The van der Waals surface area contributed by atoms with Gasteiger partial charge < -0.3 is 14.6 Å². The highest BCUT2D eigenvalue weighted by atomic mass is 16.5. The van der Waals surface area contributed by atoms with Gasteiger partial charge in [0.25, 0.3) is 0 Å². The highest BCUT2D eigenvalue weighted by molar-refractivity contribution is 5.91. The van der Waals surface area contributed by atoms with E-state index in [9.17, 15) is 9.90 Å². The largest absolute Gasteiger partial charge is 0.489 e. The number of ether oxygens (including phenoxy) is 2. The third kappa shape index (κ3) is 4.38. The standard InChI is InChI=1S/C25H20O4/c26-25(27)23-14-13-21(15-24(23)29-16-18-7-2-1-3-8-18)28-17-20-11-6-10-19-9-4-5-12-22(19)20/h1-15H,16-17H2,(H,26,27). The molecule has 0 amide bonds. The van der Waals surface area contributed by atoms with Crippen LogP contribution in [0.1, 0.15) is 21.5 Å². The summed E-state index contributed by atoms with van der Waals surface area (Å²) in [6.07, 6.45) is 0. The van der Waals surface area contributed by atoms with E-state index < -0.39 is 5.97 Å². The van der Waals surface area contributed by atoms with Crippen molar-refractivity contribution in [2.45, 2.75) is 13.2 Å². The van der Waals surface area contributed by atoms with Crippen LogP contribution in [-0.2, 0) is 13.2 Å². The fourth-order valence-corrected chi connectivity index (χ4v) is 3.20. The molecule has 0 unspecified atom stereocenters. The zero-order valence-electron chi connectivity index (χ0n) is 15.7. The minimum absolute atomic E-state index is 0.110. The van der Waals surface area contributed by atoms with Crippen LogP contribution in [0.5, 0.6) is 11.5 Å². The van der Waals surface area contributed by atoms with E-state index in [0.29, 0.717) is 12.4 Å². The molecule has 0 bridgehead atoms. The molecule has 4 aromatic carbocycles. The maximum atomic E-state index is 11.5. The molecule has 0 radical (unpaired) electrons. The molecule has 1 N–H and O–H groups in total. The minimum Gasteiger partial charge on any atom is -0.489 e. The van der Waals surface area contributed by atoms with Crippen LogP contribution in [0, 0.1) is 0 Å². The second-order valence-electron chi connectivity index (χ2n) is 6.66. The Kier molecular flexibility index (Phi) is 5.43. The zero-order valence-corrected chi connectivity index (χ0v) is 15.7. The molecule has 0 saturated carbocycles. The Morgan fingerprint density at radius 3 is 2.34 bits per heavy atom. The highest BCUT2D eigenvalue weighted by Gasteiger charge is 2.13. The third-order valence-corrected chi connectivity index (χ3v) is 4.69. The second-order valence-corrected chi connectivity index (χ2v) is 6.66. The van der Waals surface area contributed by atoms with Crippen molar-refractivity contribution in [2.24, 2.45) is 0 Å². The second kappa shape index (κ2) is 8.48. The predicted molar refractivity (Wildman–Crippen MR) is 112 cm³/mol. The van der Waals surface area contributed by atoms with Gasteiger partial charge in [-0.2, -0.15) is 0 Å². The summed E-state index contributed by atoms with van der Waals surface area (Å²) in [6, 6.07) is 28.7. The summed E-state index contributed by atoms with van der Waals surface area (Å²) in [6.45, 7) is 0.666. The SMILES string of the molecule is O=C(O)c1ccc(OCc2cccc3ccccc23)cc1OCc1ccccc1. The molecule has 0 aliphatic carbocycles. The third-order valence-electron chi connectivity index (χ3n) is 4.69. The van der Waals surface area contributed by atoms with Gasteiger partial charge in [-0.05, 0) is 34.0 Å². The Balaban J connectivity index is 1.53. The van der Waals surface area contributed by atoms with E-state index in [1.807, 2.05) is 54.6 Å². The van der Waals surface area contributed by atoms with Crippen molar-refractivity contribution in [3.8, 4) is 11.5 Å². The van der Waals surface area contributed by atoms with Crippen LogP contribution >= 0.6 is 0 Å². The number of carboxylic acids is 1. The molecule has 144 valence electrons. The molecule has 4 aromatic rings. The van der Waals surface area contributed by atoms with Crippen LogP contribution in [0.15, 0.2) is 91.0 Å². The van der Waals surface area contributed by atoms with Crippen LogP contribution in [0.3, 0.4) is 0 Å². The molecule has 4 heteroatoms. The monoisotopic (exact) mass is 384 g/mol. The zero-order chi connectivity index (χ0) is 20.1. The molecule has 29 heavy (non-hydrogen) atoms. The molecule has 0 aromatic heterocycles. The Labute approximate surface area is 169 Å². The Morgan fingerprint density at radius 1 is 0.759 bits per heavy atom. The molecule has 0 spiro atoms. The van der Waals surface area contributed by atoms with Crippen LogP contribution in [0.2, 0.25) is 0 Å². The van der Waals surface area contributed by atoms with Gasteiger partial charge in [-0.1, -0.05) is 72.8 Å². The smallest absolute Gasteiger partial charge is 0.339 e. The van der Waals surface area contributed by atoms with Gasteiger partial charge in [0, 0.05) is 6.07 Å². The molecular weight excluding hydrogens is 364 g/mol. The van der Waals surface area contributed by atoms with Crippen molar-refractivity contribution < 1.29 is 19.4 Å². The van der Waals surface area contributed by atoms with Crippen LogP contribution in [0.25, 0.3) is 10.8 Å². The van der Waals surface area contributed by atoms with Crippen LogP contribution < -0.4 is 9.47 Å². The number of hydrogen-bond acceptors (Lipinski definition) is 3. The summed E-state index contributed by atoms with van der Waals surface area (Å²) in [7, 11) is 0. The van der Waals surface area contributed by atoms with E-state index >= 15 is 0 Å². The minimum atomic E-state index is -1.03. The van der Waals surface area contributed by atoms with E-state index in [1.54, 1.807) is 12.1 Å². The van der Waals surface area contributed by atoms with Gasteiger partial charge in [0.2, 0.25) is 0 Å². The summed E-state index contributed by atoms with van der Waals surface area (Å²) in [5.41, 5.74) is 2.14. The molecule has 0 aliphatic heterocycles. The van der Waals surface area contributed by atoms with Gasteiger partial charge in [-0.15, -0.1) is 0 Å². The summed E-state index contributed by atoms with van der Waals surface area (Å²) < 4.78 is 11.7.